The summed E-state index contributed by atoms with van der Waals surface area (Å²) < 4.78 is 11.2. The van der Waals surface area contributed by atoms with E-state index >= 15 is 0 Å². The van der Waals surface area contributed by atoms with Crippen LogP contribution in [0.15, 0.2) is 48.6 Å². The van der Waals surface area contributed by atoms with Crippen LogP contribution >= 0.6 is 0 Å². The van der Waals surface area contributed by atoms with Gasteiger partial charge in [0.1, 0.15) is 30.5 Å². The molecule has 392 valence electrons. The fourth-order valence-electron chi connectivity index (χ4n) is 8.66. The molecular weight excluding hydrogens is 843 g/mol. The number of aliphatic hydroxyl groups excluding tert-OH is 6. The van der Waals surface area contributed by atoms with E-state index in [1.54, 1.807) is 6.08 Å². The molecule has 0 aromatic carbocycles. The number of carbonyl (C=O) groups is 1. The summed E-state index contributed by atoms with van der Waals surface area (Å²) in [6.07, 6.45) is 50.7. The zero-order chi connectivity index (χ0) is 48.8. The lowest BCUT2D eigenvalue weighted by atomic mass is 9.99. The van der Waals surface area contributed by atoms with E-state index in [1.165, 1.54) is 167 Å². The molecule has 67 heavy (non-hydrogen) atoms. The molecule has 0 spiro atoms. The molecule has 1 aliphatic rings. The summed E-state index contributed by atoms with van der Waals surface area (Å²) in [5.41, 5.74) is 0. The molecule has 1 fully saturated rings. The lowest BCUT2D eigenvalue weighted by Gasteiger charge is -2.40. The molecule has 1 amide bonds. The van der Waals surface area contributed by atoms with Crippen LogP contribution in [0.1, 0.15) is 245 Å². The molecule has 0 aliphatic carbocycles. The smallest absolute Gasteiger partial charge is 0.249 e. The topological polar surface area (TPSA) is 169 Å². The number of hydrogen-bond donors (Lipinski definition) is 7. The van der Waals surface area contributed by atoms with Crippen LogP contribution < -0.4 is 5.32 Å². The molecular formula is C57H105NO9. The highest BCUT2D eigenvalue weighted by atomic mass is 16.7. The van der Waals surface area contributed by atoms with Crippen molar-refractivity contribution < 1.29 is 44.9 Å². The number of aliphatic hydroxyl groups is 6. The van der Waals surface area contributed by atoms with Gasteiger partial charge >= 0.3 is 0 Å². The van der Waals surface area contributed by atoms with Crippen molar-refractivity contribution in [3.8, 4) is 0 Å². The minimum absolute atomic E-state index is 0.299. The van der Waals surface area contributed by atoms with Crippen LogP contribution in [0.25, 0.3) is 0 Å². The molecule has 10 heteroatoms. The first-order valence-corrected chi connectivity index (χ1v) is 28.0. The van der Waals surface area contributed by atoms with Crippen LogP contribution in [0, 0.1) is 0 Å². The van der Waals surface area contributed by atoms with Gasteiger partial charge < -0.3 is 45.4 Å². The second-order valence-electron chi connectivity index (χ2n) is 19.5. The van der Waals surface area contributed by atoms with Crippen molar-refractivity contribution >= 4 is 5.91 Å². The first-order valence-electron chi connectivity index (χ1n) is 28.0. The number of amides is 1. The molecule has 10 nitrogen and oxygen atoms in total. The number of hydrogen-bond acceptors (Lipinski definition) is 9. The van der Waals surface area contributed by atoms with Gasteiger partial charge in [0.25, 0.3) is 0 Å². The molecule has 1 heterocycles. The van der Waals surface area contributed by atoms with Crippen molar-refractivity contribution in [1.82, 2.24) is 5.32 Å². The third-order valence-electron chi connectivity index (χ3n) is 13.2. The Morgan fingerprint density at radius 3 is 1.30 bits per heavy atom. The fraction of sp³-hybridized carbons (Fsp3) is 0.842. The quantitative estimate of drug-likeness (QED) is 0.0232. The number of carbonyl (C=O) groups excluding carboxylic acids is 1. The molecule has 1 aliphatic heterocycles. The summed E-state index contributed by atoms with van der Waals surface area (Å²) >= 11 is 0. The third kappa shape index (κ3) is 35.8. The van der Waals surface area contributed by atoms with Gasteiger partial charge in [0.2, 0.25) is 5.91 Å². The molecule has 0 aromatic heterocycles. The van der Waals surface area contributed by atoms with E-state index in [2.05, 4.69) is 55.6 Å². The first kappa shape index (κ1) is 63.1. The Bertz CT molecular complexity index is 1210. The molecule has 0 aromatic rings. The highest BCUT2D eigenvalue weighted by molar-refractivity contribution is 5.80. The van der Waals surface area contributed by atoms with Crippen LogP contribution in [-0.2, 0) is 14.3 Å². The maximum absolute atomic E-state index is 13.1. The molecule has 8 atom stereocenters. The summed E-state index contributed by atoms with van der Waals surface area (Å²) in [6.45, 7) is 3.59. The van der Waals surface area contributed by atoms with Crippen molar-refractivity contribution in [1.29, 1.82) is 0 Å². The lowest BCUT2D eigenvalue weighted by molar-refractivity contribution is -0.302. The van der Waals surface area contributed by atoms with Crippen LogP contribution in [-0.4, -0.2) is 98.7 Å². The molecule has 0 radical (unpaired) electrons. The molecule has 1 saturated heterocycles. The van der Waals surface area contributed by atoms with E-state index in [0.29, 0.717) is 19.3 Å². The molecule has 8 unspecified atom stereocenters. The number of nitrogens with one attached hydrogen (secondary N) is 1. The summed E-state index contributed by atoms with van der Waals surface area (Å²) in [5, 5.41) is 64.9. The fourth-order valence-corrected chi connectivity index (χ4v) is 8.66. The molecule has 1 rings (SSSR count). The first-order chi connectivity index (χ1) is 32.8. The third-order valence-corrected chi connectivity index (χ3v) is 13.2. The highest BCUT2D eigenvalue weighted by Crippen LogP contribution is 2.23. The number of rotatable bonds is 47. The summed E-state index contributed by atoms with van der Waals surface area (Å²) in [5.74, 6) is -0.631. The van der Waals surface area contributed by atoms with Crippen molar-refractivity contribution in [2.45, 2.75) is 294 Å². The van der Waals surface area contributed by atoms with Crippen LogP contribution in [0.3, 0.4) is 0 Å². The van der Waals surface area contributed by atoms with Gasteiger partial charge in [-0.3, -0.25) is 4.79 Å². The summed E-state index contributed by atoms with van der Waals surface area (Å²) in [4.78, 5) is 13.1. The Balaban J connectivity index is 2.29. The summed E-state index contributed by atoms with van der Waals surface area (Å²) in [6, 6.07) is -1.00. The zero-order valence-electron chi connectivity index (χ0n) is 43.0. The Morgan fingerprint density at radius 2 is 0.881 bits per heavy atom. The van der Waals surface area contributed by atoms with Gasteiger partial charge in [-0.1, -0.05) is 223 Å². The minimum atomic E-state index is -1.62. The van der Waals surface area contributed by atoms with Gasteiger partial charge in [-0.2, -0.15) is 0 Å². The van der Waals surface area contributed by atoms with Gasteiger partial charge in [-0.25, -0.2) is 0 Å². The predicted octanol–water partition coefficient (Wildman–Crippen LogP) is 12.3. The number of unbranched alkanes of at least 4 members (excludes halogenated alkanes) is 30. The SMILES string of the molecule is CCCCCCCC/C=C/CC/C=C/CC/C=C/C(O)C(COC1OC(CO)C(O)C(O)C1O)NC(=O)C(O)CCCCCCCCCCCC/C=C\CCCCCCCCCCCCCC. The van der Waals surface area contributed by atoms with Gasteiger partial charge in [-0.15, -0.1) is 0 Å². The number of ether oxygens (including phenoxy) is 2. The standard InChI is InChI=1S/C57H105NO9/c1-3-5-7-9-11-13-15-17-19-21-22-23-24-25-26-27-28-29-30-32-34-36-38-40-42-44-46-51(61)56(65)58-49(48-66-57-55(64)54(63)53(62)52(47-59)67-57)50(60)45-43-41-39-37-35-33-31-20-18-16-14-12-10-8-6-4-2/h18,20,25-26,35,37,43,45,49-55,57,59-64H,3-17,19,21-24,27-34,36,38-42,44,46-48H2,1-2H3,(H,58,65)/b20-18+,26-25-,37-35+,45-43+. The molecule has 7 N–H and O–H groups in total. The van der Waals surface area contributed by atoms with Gasteiger partial charge in [0.05, 0.1) is 25.4 Å². The van der Waals surface area contributed by atoms with Gasteiger partial charge in [0, 0.05) is 0 Å². The van der Waals surface area contributed by atoms with Crippen LogP contribution in [0.2, 0.25) is 0 Å². The predicted molar refractivity (Wildman–Crippen MR) is 278 cm³/mol. The van der Waals surface area contributed by atoms with Crippen LogP contribution in [0.5, 0.6) is 0 Å². The van der Waals surface area contributed by atoms with Gasteiger partial charge in [-0.05, 0) is 70.6 Å². The highest BCUT2D eigenvalue weighted by Gasteiger charge is 2.44. The van der Waals surface area contributed by atoms with E-state index in [1.807, 2.05) is 6.08 Å². The average Bonchev–Trinajstić information content (AvgIpc) is 3.33. The normalized spacial score (nSPS) is 20.5. The van der Waals surface area contributed by atoms with Crippen LogP contribution in [0.4, 0.5) is 0 Å². The van der Waals surface area contributed by atoms with E-state index in [9.17, 15) is 35.4 Å². The second kappa shape index (κ2) is 46.5. The van der Waals surface area contributed by atoms with E-state index < -0.39 is 61.5 Å². The van der Waals surface area contributed by atoms with Crippen molar-refractivity contribution in [3.05, 3.63) is 48.6 Å². The van der Waals surface area contributed by atoms with Gasteiger partial charge in [0.15, 0.2) is 6.29 Å². The van der Waals surface area contributed by atoms with Crippen molar-refractivity contribution in [3.63, 3.8) is 0 Å². The average molecular weight is 948 g/mol. The minimum Gasteiger partial charge on any atom is -0.394 e. The Hall–Kier alpha value is -1.89. The monoisotopic (exact) mass is 948 g/mol. The Labute approximate surface area is 410 Å². The molecule has 0 bridgehead atoms. The summed E-state index contributed by atoms with van der Waals surface area (Å²) in [7, 11) is 0. The molecule has 0 saturated carbocycles. The lowest BCUT2D eigenvalue weighted by Crippen LogP contribution is -2.60. The Kier molecular flexibility index (Phi) is 43.8. The number of allylic oxidation sites excluding steroid dienone is 7. The maximum atomic E-state index is 13.1. The van der Waals surface area contributed by atoms with E-state index in [4.69, 9.17) is 9.47 Å². The second-order valence-corrected chi connectivity index (χ2v) is 19.5. The maximum Gasteiger partial charge on any atom is 0.249 e. The Morgan fingerprint density at radius 1 is 0.507 bits per heavy atom. The van der Waals surface area contributed by atoms with E-state index in [-0.39, 0.29) is 6.61 Å². The zero-order valence-corrected chi connectivity index (χ0v) is 43.0. The van der Waals surface area contributed by atoms with E-state index in [0.717, 1.165) is 44.9 Å². The van der Waals surface area contributed by atoms with Crippen molar-refractivity contribution in [2.75, 3.05) is 13.2 Å². The van der Waals surface area contributed by atoms with Crippen molar-refractivity contribution in [2.24, 2.45) is 0 Å². The largest absolute Gasteiger partial charge is 0.394 e.